The minimum absolute atomic E-state index is 0.0426. The van der Waals surface area contributed by atoms with Crippen molar-refractivity contribution in [1.29, 1.82) is 0 Å². The van der Waals surface area contributed by atoms with Crippen molar-refractivity contribution in [2.45, 2.75) is 58.2 Å². The summed E-state index contributed by atoms with van der Waals surface area (Å²) in [4.78, 5) is 13.9. The maximum Gasteiger partial charge on any atom is 0.200 e. The quantitative estimate of drug-likeness (QED) is 0.271. The van der Waals surface area contributed by atoms with Gasteiger partial charge in [-0.2, -0.15) is 0 Å². The third-order valence-corrected chi connectivity index (χ3v) is 7.34. The summed E-state index contributed by atoms with van der Waals surface area (Å²) in [7, 11) is 0. The summed E-state index contributed by atoms with van der Waals surface area (Å²) in [5.74, 6) is -0.311. The molecule has 0 spiro atoms. The van der Waals surface area contributed by atoms with Gasteiger partial charge in [0.15, 0.2) is 22.5 Å². The van der Waals surface area contributed by atoms with E-state index in [1.165, 1.54) is 6.07 Å². The molecule has 0 unspecified atom stereocenters. The molecule has 1 aliphatic carbocycles. The monoisotopic (exact) mass is 500 g/mol. The van der Waals surface area contributed by atoms with Crippen LogP contribution in [0.25, 0.3) is 34.4 Å². The largest absolute Gasteiger partial charge is 0.507 e. The number of fused-ring (bicyclic) bond motifs is 7. The Hall–Kier alpha value is -4.13. The van der Waals surface area contributed by atoms with Crippen LogP contribution >= 0.6 is 0 Å². The Balaban J connectivity index is 1.74. The lowest BCUT2D eigenvalue weighted by Gasteiger charge is -2.34. The molecule has 2 aromatic carbocycles. The fourth-order valence-corrected chi connectivity index (χ4v) is 5.48. The molecule has 37 heavy (non-hydrogen) atoms. The van der Waals surface area contributed by atoms with Gasteiger partial charge >= 0.3 is 0 Å². The molecule has 0 bridgehead atoms. The summed E-state index contributed by atoms with van der Waals surface area (Å²) < 4.78 is 18.4. The summed E-state index contributed by atoms with van der Waals surface area (Å²) in [6, 6.07) is 1.43. The molecular formula is C30H28O7. The first kappa shape index (κ1) is 23.3. The zero-order valence-electron chi connectivity index (χ0n) is 21.4. The van der Waals surface area contributed by atoms with Gasteiger partial charge in [-0.1, -0.05) is 12.2 Å². The Morgan fingerprint density at radius 1 is 1.00 bits per heavy atom. The Bertz CT molecular complexity index is 1680. The number of phenolic OH excluding ortho intramolecular Hbond substituents is 3. The lowest BCUT2D eigenvalue weighted by atomic mass is 9.76. The summed E-state index contributed by atoms with van der Waals surface area (Å²) >= 11 is 0. The van der Waals surface area contributed by atoms with Crippen molar-refractivity contribution in [1.82, 2.24) is 0 Å². The van der Waals surface area contributed by atoms with E-state index in [1.54, 1.807) is 25.2 Å². The van der Waals surface area contributed by atoms with Crippen molar-refractivity contribution in [2.24, 2.45) is 0 Å². The average Bonchev–Trinajstić information content (AvgIpc) is 2.80. The van der Waals surface area contributed by atoms with Gasteiger partial charge in [0.25, 0.3) is 0 Å². The molecule has 190 valence electrons. The van der Waals surface area contributed by atoms with E-state index in [0.29, 0.717) is 33.6 Å². The molecule has 0 amide bonds. The van der Waals surface area contributed by atoms with Crippen LogP contribution in [0.3, 0.4) is 0 Å². The van der Waals surface area contributed by atoms with Crippen molar-refractivity contribution in [3.8, 4) is 40.1 Å². The van der Waals surface area contributed by atoms with Crippen LogP contribution in [0.4, 0.5) is 0 Å². The fraction of sp³-hybridized carbons (Fsp3) is 0.300. The molecule has 6 rings (SSSR count). The first-order chi connectivity index (χ1) is 17.3. The predicted octanol–water partition coefficient (Wildman–Crippen LogP) is 6.16. The Morgan fingerprint density at radius 3 is 2.32 bits per heavy atom. The van der Waals surface area contributed by atoms with E-state index in [4.69, 9.17) is 13.9 Å². The molecule has 7 heteroatoms. The number of allylic oxidation sites excluding steroid dienone is 1. The van der Waals surface area contributed by atoms with Crippen molar-refractivity contribution < 1.29 is 29.2 Å². The van der Waals surface area contributed by atoms with E-state index in [1.807, 2.05) is 33.8 Å². The fourth-order valence-electron chi connectivity index (χ4n) is 5.48. The standard InChI is InChI=1S/C30H28O7/c1-13(2)16-11-17-24(33)21-18(31)12-19-14(7-9-29(3,4)36-19)26(21)35-27(17)22-20(16)25(34)28-15(23(22)32)8-10-30(5,6)37-28/h7-10,12,16,31-32,34H,1,11H2,2-6H3/t16-/m0/s1. The molecule has 3 N–H and O–H groups in total. The number of rotatable bonds is 1. The van der Waals surface area contributed by atoms with E-state index < -0.39 is 22.5 Å². The van der Waals surface area contributed by atoms with Crippen molar-refractivity contribution in [2.75, 3.05) is 0 Å². The number of hydrogen-bond acceptors (Lipinski definition) is 7. The Morgan fingerprint density at radius 2 is 1.65 bits per heavy atom. The van der Waals surface area contributed by atoms with E-state index in [-0.39, 0.29) is 51.7 Å². The normalized spacial score (nSPS) is 19.8. The van der Waals surface area contributed by atoms with Crippen molar-refractivity contribution >= 4 is 23.1 Å². The highest BCUT2D eigenvalue weighted by Crippen LogP contribution is 2.57. The summed E-state index contributed by atoms with van der Waals surface area (Å²) in [5.41, 5.74) is 0.868. The van der Waals surface area contributed by atoms with Crippen LogP contribution in [0.5, 0.6) is 28.7 Å². The van der Waals surface area contributed by atoms with Crippen LogP contribution < -0.4 is 14.9 Å². The van der Waals surface area contributed by atoms with Gasteiger partial charge in [0, 0.05) is 23.1 Å². The number of benzene rings is 2. The minimum atomic E-state index is -0.685. The third kappa shape index (κ3) is 3.23. The number of ether oxygens (including phenoxy) is 2. The van der Waals surface area contributed by atoms with Crippen LogP contribution in [0.1, 0.15) is 62.8 Å². The predicted molar refractivity (Wildman–Crippen MR) is 142 cm³/mol. The van der Waals surface area contributed by atoms with E-state index in [2.05, 4.69) is 6.58 Å². The molecule has 0 radical (unpaired) electrons. The number of aromatic hydroxyl groups is 3. The molecule has 2 aliphatic heterocycles. The smallest absolute Gasteiger partial charge is 0.200 e. The highest BCUT2D eigenvalue weighted by Gasteiger charge is 2.40. The summed E-state index contributed by atoms with van der Waals surface area (Å²) in [6.07, 6.45) is 7.31. The second-order valence-corrected chi connectivity index (χ2v) is 11.2. The Kier molecular flexibility index (Phi) is 4.54. The Labute approximate surface area is 213 Å². The molecule has 3 heterocycles. The first-order valence-corrected chi connectivity index (χ1v) is 12.2. The van der Waals surface area contributed by atoms with Gasteiger partial charge in [-0.3, -0.25) is 4.79 Å². The second kappa shape index (κ2) is 7.22. The summed E-state index contributed by atoms with van der Waals surface area (Å²) in [5, 5.41) is 33.9. The molecule has 0 saturated heterocycles. The van der Waals surface area contributed by atoms with Gasteiger partial charge in [0.05, 0.1) is 16.7 Å². The molecule has 7 nitrogen and oxygen atoms in total. The van der Waals surface area contributed by atoms with E-state index in [0.717, 1.165) is 0 Å². The topological polar surface area (TPSA) is 109 Å². The van der Waals surface area contributed by atoms with Crippen LogP contribution in [-0.4, -0.2) is 26.5 Å². The van der Waals surface area contributed by atoms with Gasteiger partial charge in [-0.25, -0.2) is 0 Å². The SMILES string of the molecule is C=C(C)[C@@H]1Cc2c(oc3c4c(cc(O)c3c2=O)OC(C)(C)C=C4)-c2c(O)c3c(c(O)c21)OC(C)(C)C=C3. The summed E-state index contributed by atoms with van der Waals surface area (Å²) in [6.45, 7) is 13.4. The molecule has 1 aromatic heterocycles. The highest BCUT2D eigenvalue weighted by atomic mass is 16.5. The van der Waals surface area contributed by atoms with Crippen molar-refractivity contribution in [3.05, 3.63) is 62.8 Å². The van der Waals surface area contributed by atoms with Crippen LogP contribution in [0.2, 0.25) is 0 Å². The number of hydrogen-bond donors (Lipinski definition) is 3. The van der Waals surface area contributed by atoms with Crippen LogP contribution in [0, 0.1) is 0 Å². The van der Waals surface area contributed by atoms with E-state index >= 15 is 0 Å². The van der Waals surface area contributed by atoms with Gasteiger partial charge in [-0.15, -0.1) is 0 Å². The van der Waals surface area contributed by atoms with Gasteiger partial charge in [0.2, 0.25) is 0 Å². The van der Waals surface area contributed by atoms with Gasteiger partial charge in [-0.05, 0) is 65.3 Å². The molecule has 0 fully saturated rings. The minimum Gasteiger partial charge on any atom is -0.507 e. The molecule has 1 atom stereocenters. The lowest BCUT2D eigenvalue weighted by molar-refractivity contribution is 0.151. The highest BCUT2D eigenvalue weighted by molar-refractivity contribution is 5.97. The zero-order chi connectivity index (χ0) is 26.6. The van der Waals surface area contributed by atoms with Crippen LogP contribution in [0.15, 0.2) is 39.6 Å². The zero-order valence-corrected chi connectivity index (χ0v) is 21.4. The second-order valence-electron chi connectivity index (χ2n) is 11.2. The van der Waals surface area contributed by atoms with Gasteiger partial charge < -0.3 is 29.2 Å². The van der Waals surface area contributed by atoms with Gasteiger partial charge in [0.1, 0.15) is 39.6 Å². The van der Waals surface area contributed by atoms with Crippen LogP contribution in [-0.2, 0) is 6.42 Å². The lowest BCUT2D eigenvalue weighted by Crippen LogP contribution is -2.28. The first-order valence-electron chi connectivity index (χ1n) is 12.2. The maximum absolute atomic E-state index is 13.9. The average molecular weight is 501 g/mol. The molecule has 0 saturated carbocycles. The molecular weight excluding hydrogens is 472 g/mol. The molecule has 3 aliphatic rings. The third-order valence-electron chi connectivity index (χ3n) is 7.34. The van der Waals surface area contributed by atoms with Crippen molar-refractivity contribution in [3.63, 3.8) is 0 Å². The maximum atomic E-state index is 13.9. The number of phenols is 3. The molecule has 3 aromatic rings. The van der Waals surface area contributed by atoms with E-state index in [9.17, 15) is 20.1 Å².